The number of fused-ring (bicyclic) bond motifs is 2. The summed E-state index contributed by atoms with van der Waals surface area (Å²) in [6.45, 7) is 3.82. The van der Waals surface area contributed by atoms with Crippen molar-refractivity contribution in [2.75, 3.05) is 31.6 Å². The van der Waals surface area contributed by atoms with E-state index < -0.39 is 0 Å². The normalized spacial score (nSPS) is 32.9. The number of nitrogens with zero attached hydrogens (tertiary/aromatic N) is 1. The molecule has 1 saturated carbocycles. The molecule has 0 spiro atoms. The molecule has 3 unspecified atom stereocenters. The summed E-state index contributed by atoms with van der Waals surface area (Å²) < 4.78 is 12.0. The second kappa shape index (κ2) is 5.26. The summed E-state index contributed by atoms with van der Waals surface area (Å²) in [6.07, 6.45) is 4.52. The second-order valence-corrected chi connectivity index (χ2v) is 6.02. The van der Waals surface area contributed by atoms with Gasteiger partial charge < -0.3 is 14.8 Å². The fourth-order valence-electron chi connectivity index (χ4n) is 3.76. The van der Waals surface area contributed by atoms with Crippen molar-refractivity contribution in [1.82, 2.24) is 4.90 Å². The Balaban J connectivity index is 1.42. The molecule has 0 aromatic heterocycles. The summed E-state index contributed by atoms with van der Waals surface area (Å²) in [5, 5.41) is 3.48. The maximum atomic E-state index is 6.14. The van der Waals surface area contributed by atoms with Crippen LogP contribution in [0.1, 0.15) is 19.3 Å². The van der Waals surface area contributed by atoms with E-state index in [1.165, 1.54) is 19.3 Å². The first kappa shape index (κ1) is 12.5. The van der Waals surface area contributed by atoms with E-state index in [0.29, 0.717) is 12.1 Å². The van der Waals surface area contributed by atoms with E-state index in [0.717, 1.165) is 37.7 Å². The number of anilines is 1. The molecule has 2 aliphatic heterocycles. The van der Waals surface area contributed by atoms with Crippen LogP contribution in [0.15, 0.2) is 24.3 Å². The molecule has 1 aromatic rings. The number of nitrogens with one attached hydrogen (secondary N) is 1. The van der Waals surface area contributed by atoms with Crippen LogP contribution >= 0.6 is 0 Å². The van der Waals surface area contributed by atoms with Crippen LogP contribution in [0.3, 0.4) is 0 Å². The van der Waals surface area contributed by atoms with Crippen LogP contribution < -0.4 is 10.1 Å². The van der Waals surface area contributed by atoms with Gasteiger partial charge in [0.05, 0.1) is 24.9 Å². The minimum absolute atomic E-state index is 0.240. The summed E-state index contributed by atoms with van der Waals surface area (Å²) >= 11 is 0. The molecule has 0 bridgehead atoms. The lowest BCUT2D eigenvalue weighted by Gasteiger charge is -2.40. The molecule has 2 heterocycles. The number of rotatable bonds is 2. The predicted octanol–water partition coefficient (Wildman–Crippen LogP) is 2.11. The lowest BCUT2D eigenvalue weighted by atomic mass is 10.1. The van der Waals surface area contributed by atoms with Gasteiger partial charge in [0.1, 0.15) is 11.9 Å². The highest BCUT2D eigenvalue weighted by atomic mass is 16.5. The molecule has 2 fully saturated rings. The molecule has 4 rings (SSSR count). The first-order valence-corrected chi connectivity index (χ1v) is 7.75. The number of hydrogen-bond acceptors (Lipinski definition) is 4. The maximum absolute atomic E-state index is 6.14. The standard InChI is InChI=1S/C16H22N2O2/c1-2-6-15-13(4-1)17-10-12(20-15)11-18-8-9-19-16-7-3-5-14(16)18/h1-2,4,6,12,14,16-17H,3,5,7-11H2. The van der Waals surface area contributed by atoms with Gasteiger partial charge in [0.25, 0.3) is 0 Å². The zero-order valence-electron chi connectivity index (χ0n) is 11.8. The highest BCUT2D eigenvalue weighted by Crippen LogP contribution is 2.32. The van der Waals surface area contributed by atoms with Crippen molar-refractivity contribution in [3.05, 3.63) is 24.3 Å². The number of benzene rings is 1. The van der Waals surface area contributed by atoms with Crippen molar-refractivity contribution in [2.24, 2.45) is 0 Å². The Hall–Kier alpha value is -1.26. The molecular formula is C16H22N2O2. The Morgan fingerprint density at radius 1 is 1.25 bits per heavy atom. The van der Waals surface area contributed by atoms with Crippen LogP contribution in [0.5, 0.6) is 5.75 Å². The molecule has 3 aliphatic rings. The highest BCUT2D eigenvalue weighted by Gasteiger charge is 2.37. The summed E-state index contributed by atoms with van der Waals surface area (Å²) in [6, 6.07) is 8.81. The molecule has 0 radical (unpaired) electrons. The van der Waals surface area contributed by atoms with Crippen molar-refractivity contribution in [1.29, 1.82) is 0 Å². The van der Waals surface area contributed by atoms with E-state index >= 15 is 0 Å². The van der Waals surface area contributed by atoms with Crippen LogP contribution in [0.2, 0.25) is 0 Å². The van der Waals surface area contributed by atoms with Gasteiger partial charge in [-0.05, 0) is 31.4 Å². The molecule has 1 N–H and O–H groups in total. The van der Waals surface area contributed by atoms with Crippen molar-refractivity contribution in [2.45, 2.75) is 37.5 Å². The highest BCUT2D eigenvalue weighted by molar-refractivity contribution is 5.57. The van der Waals surface area contributed by atoms with E-state index in [2.05, 4.69) is 16.3 Å². The number of hydrogen-bond donors (Lipinski definition) is 1. The topological polar surface area (TPSA) is 33.7 Å². The summed E-state index contributed by atoms with van der Waals surface area (Å²) in [5.41, 5.74) is 1.12. The molecule has 0 amide bonds. The van der Waals surface area contributed by atoms with Gasteiger partial charge in [-0.15, -0.1) is 0 Å². The van der Waals surface area contributed by atoms with Gasteiger partial charge in [0, 0.05) is 19.1 Å². The average molecular weight is 274 g/mol. The summed E-state index contributed by atoms with van der Waals surface area (Å²) in [4.78, 5) is 2.58. The third-order valence-corrected chi connectivity index (χ3v) is 4.74. The van der Waals surface area contributed by atoms with Gasteiger partial charge in [-0.1, -0.05) is 12.1 Å². The van der Waals surface area contributed by atoms with E-state index in [9.17, 15) is 0 Å². The molecule has 20 heavy (non-hydrogen) atoms. The van der Waals surface area contributed by atoms with Crippen LogP contribution in [-0.2, 0) is 4.74 Å². The van der Waals surface area contributed by atoms with E-state index in [4.69, 9.17) is 9.47 Å². The minimum Gasteiger partial charge on any atom is -0.485 e. The Morgan fingerprint density at radius 3 is 3.20 bits per heavy atom. The third kappa shape index (κ3) is 2.27. The smallest absolute Gasteiger partial charge is 0.142 e. The Bertz CT molecular complexity index is 479. The van der Waals surface area contributed by atoms with Gasteiger partial charge in [-0.25, -0.2) is 0 Å². The van der Waals surface area contributed by atoms with E-state index in [-0.39, 0.29) is 6.10 Å². The molecule has 1 aromatic carbocycles. The van der Waals surface area contributed by atoms with Gasteiger partial charge in [0.2, 0.25) is 0 Å². The van der Waals surface area contributed by atoms with Crippen LogP contribution in [0.25, 0.3) is 0 Å². The second-order valence-electron chi connectivity index (χ2n) is 6.02. The van der Waals surface area contributed by atoms with Gasteiger partial charge >= 0.3 is 0 Å². The quantitative estimate of drug-likeness (QED) is 0.895. The minimum atomic E-state index is 0.240. The van der Waals surface area contributed by atoms with Gasteiger partial charge in [-0.2, -0.15) is 0 Å². The van der Waals surface area contributed by atoms with Crippen molar-refractivity contribution in [3.8, 4) is 5.75 Å². The number of ether oxygens (including phenoxy) is 2. The lowest BCUT2D eigenvalue weighted by Crippen LogP contribution is -2.53. The SMILES string of the molecule is c1ccc2c(c1)NCC(CN1CCOC3CCCC31)O2. The largest absolute Gasteiger partial charge is 0.485 e. The molecule has 1 saturated heterocycles. The Morgan fingerprint density at radius 2 is 2.20 bits per heavy atom. The van der Waals surface area contributed by atoms with Crippen LogP contribution in [0.4, 0.5) is 5.69 Å². The lowest BCUT2D eigenvalue weighted by molar-refractivity contribution is -0.0645. The zero-order valence-corrected chi connectivity index (χ0v) is 11.8. The summed E-state index contributed by atoms with van der Waals surface area (Å²) in [7, 11) is 0. The zero-order chi connectivity index (χ0) is 13.4. The Kier molecular flexibility index (Phi) is 3.28. The number of para-hydroxylation sites is 2. The Labute approximate surface area is 120 Å². The van der Waals surface area contributed by atoms with E-state index in [1.807, 2.05) is 18.2 Å². The molecular weight excluding hydrogens is 252 g/mol. The van der Waals surface area contributed by atoms with Crippen LogP contribution in [-0.4, -0.2) is 49.4 Å². The molecule has 4 heteroatoms. The van der Waals surface area contributed by atoms with Gasteiger partial charge in [-0.3, -0.25) is 4.90 Å². The maximum Gasteiger partial charge on any atom is 0.142 e. The first-order valence-electron chi connectivity index (χ1n) is 7.75. The van der Waals surface area contributed by atoms with Crippen molar-refractivity contribution in [3.63, 3.8) is 0 Å². The van der Waals surface area contributed by atoms with Crippen molar-refractivity contribution >= 4 is 5.69 Å². The average Bonchev–Trinajstić information content (AvgIpc) is 2.97. The monoisotopic (exact) mass is 274 g/mol. The molecule has 4 nitrogen and oxygen atoms in total. The predicted molar refractivity (Wildman–Crippen MR) is 78.3 cm³/mol. The fourth-order valence-corrected chi connectivity index (χ4v) is 3.76. The summed E-state index contributed by atoms with van der Waals surface area (Å²) in [5.74, 6) is 0.986. The third-order valence-electron chi connectivity index (χ3n) is 4.74. The first-order chi connectivity index (χ1) is 9.90. The number of morpholine rings is 1. The van der Waals surface area contributed by atoms with Crippen molar-refractivity contribution < 1.29 is 9.47 Å². The van der Waals surface area contributed by atoms with Crippen LogP contribution in [0, 0.1) is 0 Å². The fraction of sp³-hybridized carbons (Fsp3) is 0.625. The van der Waals surface area contributed by atoms with E-state index in [1.54, 1.807) is 0 Å². The van der Waals surface area contributed by atoms with Gasteiger partial charge in [0.15, 0.2) is 0 Å². The molecule has 108 valence electrons. The molecule has 1 aliphatic carbocycles. The molecule has 3 atom stereocenters.